The maximum atomic E-state index is 10.8. The number of carbonyl (C=O) groups is 1. The second-order valence-corrected chi connectivity index (χ2v) is 5.06. The van der Waals surface area contributed by atoms with Crippen LogP contribution in [0.2, 0.25) is 5.02 Å². The van der Waals surface area contributed by atoms with Crippen LogP contribution in [-0.4, -0.2) is 11.1 Å². The summed E-state index contributed by atoms with van der Waals surface area (Å²) < 4.78 is 4.91. The van der Waals surface area contributed by atoms with Crippen molar-refractivity contribution in [2.45, 2.75) is 11.5 Å². The fourth-order valence-electron chi connectivity index (χ4n) is 1.52. The van der Waals surface area contributed by atoms with Gasteiger partial charge >= 0.3 is 5.97 Å². The molecule has 18 heavy (non-hydrogen) atoms. The van der Waals surface area contributed by atoms with Gasteiger partial charge in [-0.15, -0.1) is 0 Å². The van der Waals surface area contributed by atoms with Crippen LogP contribution in [0, 0.1) is 0 Å². The molecule has 2 rings (SSSR count). The van der Waals surface area contributed by atoms with E-state index in [4.69, 9.17) is 21.1 Å². The highest BCUT2D eigenvalue weighted by Gasteiger charge is 2.13. The van der Waals surface area contributed by atoms with Crippen molar-refractivity contribution in [2.75, 3.05) is 0 Å². The molecule has 1 aromatic carbocycles. The molecule has 0 radical (unpaired) electrons. The summed E-state index contributed by atoms with van der Waals surface area (Å²) in [6.07, 6.45) is 1.40. The number of aromatic carboxylic acids is 1. The van der Waals surface area contributed by atoms with E-state index < -0.39 is 5.97 Å². The minimum absolute atomic E-state index is 0.0154. The summed E-state index contributed by atoms with van der Waals surface area (Å²) in [4.78, 5) is 10.8. The predicted octanol–water partition coefficient (Wildman–Crippen LogP) is 4.06. The van der Waals surface area contributed by atoms with E-state index in [1.165, 1.54) is 6.26 Å². The van der Waals surface area contributed by atoms with E-state index in [1.807, 2.05) is 24.3 Å². The molecule has 0 amide bonds. The fraction of sp³-hybridized carbons (Fsp3) is 0.154. The monoisotopic (exact) mass is 282 g/mol. The summed E-state index contributed by atoms with van der Waals surface area (Å²) in [5.41, 5.74) is 1.74. The van der Waals surface area contributed by atoms with Crippen molar-refractivity contribution in [1.82, 2.24) is 0 Å². The van der Waals surface area contributed by atoms with Crippen LogP contribution in [-0.2, 0) is 11.5 Å². The molecule has 0 fully saturated rings. The highest BCUT2D eigenvalue weighted by atomic mass is 35.5. The van der Waals surface area contributed by atoms with Crippen LogP contribution in [0.3, 0.4) is 0 Å². The number of benzene rings is 1. The van der Waals surface area contributed by atoms with E-state index in [2.05, 4.69) is 0 Å². The zero-order valence-electron chi connectivity index (χ0n) is 9.43. The van der Waals surface area contributed by atoms with Gasteiger partial charge in [0.1, 0.15) is 0 Å². The minimum Gasteiger partial charge on any atom is -0.475 e. The molecule has 0 aliphatic rings. The number of rotatable bonds is 5. The van der Waals surface area contributed by atoms with Crippen molar-refractivity contribution < 1.29 is 14.3 Å². The Balaban J connectivity index is 1.95. The third-order valence-electron chi connectivity index (χ3n) is 2.41. The highest BCUT2D eigenvalue weighted by Crippen LogP contribution is 2.24. The van der Waals surface area contributed by atoms with Crippen LogP contribution in [0.25, 0.3) is 0 Å². The summed E-state index contributed by atoms with van der Waals surface area (Å²) in [7, 11) is 0. The van der Waals surface area contributed by atoms with Crippen molar-refractivity contribution in [3.63, 3.8) is 0 Å². The highest BCUT2D eigenvalue weighted by molar-refractivity contribution is 7.97. The van der Waals surface area contributed by atoms with Crippen molar-refractivity contribution in [2.24, 2.45) is 0 Å². The first-order valence-electron chi connectivity index (χ1n) is 5.29. The lowest BCUT2D eigenvalue weighted by Gasteiger charge is -2.03. The fourth-order valence-corrected chi connectivity index (χ4v) is 2.83. The molecule has 0 spiro atoms. The van der Waals surface area contributed by atoms with E-state index >= 15 is 0 Å². The molecule has 0 unspecified atom stereocenters. The molecule has 1 heterocycles. The number of carboxylic acid groups (broad SMARTS) is 1. The number of carboxylic acids is 1. The van der Waals surface area contributed by atoms with Gasteiger partial charge < -0.3 is 9.52 Å². The molecule has 1 aromatic heterocycles. The third-order valence-corrected chi connectivity index (χ3v) is 3.81. The Hall–Kier alpha value is -1.39. The standard InChI is InChI=1S/C13H11ClO3S/c14-11-4-2-1-3-9(11)7-18-8-10-5-6-17-12(10)13(15)16/h1-6H,7-8H2,(H,15,16). The molecular formula is C13H11ClO3S. The number of hydrogen-bond donors (Lipinski definition) is 1. The van der Waals surface area contributed by atoms with E-state index in [0.717, 1.165) is 16.3 Å². The largest absolute Gasteiger partial charge is 0.475 e. The number of thioether (sulfide) groups is 1. The normalized spacial score (nSPS) is 10.5. The average Bonchev–Trinajstić information content (AvgIpc) is 2.80. The Morgan fingerprint density at radius 2 is 1.94 bits per heavy atom. The van der Waals surface area contributed by atoms with E-state index in [0.29, 0.717) is 11.3 Å². The van der Waals surface area contributed by atoms with Crippen molar-refractivity contribution in [3.05, 3.63) is 58.5 Å². The molecule has 0 saturated carbocycles. The van der Waals surface area contributed by atoms with Crippen LogP contribution in [0.1, 0.15) is 21.7 Å². The van der Waals surface area contributed by atoms with Gasteiger partial charge in [-0.2, -0.15) is 11.8 Å². The maximum absolute atomic E-state index is 10.8. The number of furan rings is 1. The second-order valence-electron chi connectivity index (χ2n) is 3.66. The summed E-state index contributed by atoms with van der Waals surface area (Å²) >= 11 is 7.64. The van der Waals surface area contributed by atoms with Gasteiger partial charge in [0.05, 0.1) is 6.26 Å². The Morgan fingerprint density at radius 1 is 1.22 bits per heavy atom. The minimum atomic E-state index is -1.03. The third kappa shape index (κ3) is 3.09. The molecule has 1 N–H and O–H groups in total. The quantitative estimate of drug-likeness (QED) is 0.898. The number of halogens is 1. The first-order valence-corrected chi connectivity index (χ1v) is 6.82. The topological polar surface area (TPSA) is 50.4 Å². The van der Waals surface area contributed by atoms with Crippen LogP contribution < -0.4 is 0 Å². The zero-order chi connectivity index (χ0) is 13.0. The van der Waals surface area contributed by atoms with Crippen molar-refractivity contribution in [3.8, 4) is 0 Å². The lowest BCUT2D eigenvalue weighted by molar-refractivity contribution is 0.0661. The van der Waals surface area contributed by atoms with Crippen molar-refractivity contribution >= 4 is 29.3 Å². The van der Waals surface area contributed by atoms with Crippen LogP contribution in [0.5, 0.6) is 0 Å². The van der Waals surface area contributed by atoms with Crippen molar-refractivity contribution in [1.29, 1.82) is 0 Å². The van der Waals surface area contributed by atoms with Gasteiger partial charge in [0, 0.05) is 22.1 Å². The Kier molecular flexibility index (Phi) is 4.33. The molecule has 2 aromatic rings. The smallest absolute Gasteiger partial charge is 0.372 e. The molecule has 0 aliphatic heterocycles. The van der Waals surface area contributed by atoms with E-state index in [1.54, 1.807) is 17.8 Å². The zero-order valence-corrected chi connectivity index (χ0v) is 11.0. The first-order chi connectivity index (χ1) is 8.68. The summed E-state index contributed by atoms with van der Waals surface area (Å²) in [6.45, 7) is 0. The lowest BCUT2D eigenvalue weighted by atomic mass is 10.2. The summed E-state index contributed by atoms with van der Waals surface area (Å²) in [5.74, 6) is 0.308. The maximum Gasteiger partial charge on any atom is 0.372 e. The van der Waals surface area contributed by atoms with Crippen LogP contribution in [0.4, 0.5) is 0 Å². The Bertz CT molecular complexity index is 551. The average molecular weight is 283 g/mol. The Labute approximate surface area is 114 Å². The summed E-state index contributed by atoms with van der Waals surface area (Å²) in [6, 6.07) is 9.31. The molecule has 0 aliphatic carbocycles. The van der Waals surface area contributed by atoms with Gasteiger partial charge in [-0.25, -0.2) is 4.79 Å². The number of hydrogen-bond acceptors (Lipinski definition) is 3. The molecule has 0 atom stereocenters. The van der Waals surface area contributed by atoms with Gasteiger partial charge in [-0.1, -0.05) is 29.8 Å². The molecule has 3 nitrogen and oxygen atoms in total. The predicted molar refractivity (Wildman–Crippen MR) is 72.1 cm³/mol. The van der Waals surface area contributed by atoms with Gasteiger partial charge in [0.2, 0.25) is 5.76 Å². The van der Waals surface area contributed by atoms with Gasteiger partial charge in [0.25, 0.3) is 0 Å². The molecule has 0 saturated heterocycles. The molecule has 0 bridgehead atoms. The Morgan fingerprint density at radius 3 is 2.67 bits per heavy atom. The molecular weight excluding hydrogens is 272 g/mol. The van der Waals surface area contributed by atoms with Crippen LogP contribution >= 0.6 is 23.4 Å². The van der Waals surface area contributed by atoms with E-state index in [-0.39, 0.29) is 5.76 Å². The SMILES string of the molecule is O=C(O)c1occc1CSCc1ccccc1Cl. The first kappa shape index (κ1) is 13.1. The van der Waals surface area contributed by atoms with Gasteiger partial charge in [-0.05, 0) is 17.7 Å². The van der Waals surface area contributed by atoms with E-state index in [9.17, 15) is 4.79 Å². The van der Waals surface area contributed by atoms with Crippen LogP contribution in [0.15, 0.2) is 41.0 Å². The lowest BCUT2D eigenvalue weighted by Crippen LogP contribution is -1.97. The second kappa shape index (κ2) is 5.98. The molecule has 5 heteroatoms. The van der Waals surface area contributed by atoms with Gasteiger partial charge in [0.15, 0.2) is 0 Å². The summed E-state index contributed by atoms with van der Waals surface area (Å²) in [5, 5.41) is 9.62. The molecule has 94 valence electrons. The van der Waals surface area contributed by atoms with Gasteiger partial charge in [-0.3, -0.25) is 0 Å².